The molecule has 28 heavy (non-hydrogen) atoms. The summed E-state index contributed by atoms with van der Waals surface area (Å²) in [6, 6.07) is 25.6. The lowest BCUT2D eigenvalue weighted by atomic mass is 10.0. The lowest BCUT2D eigenvalue weighted by molar-refractivity contribution is 0.0372. The average Bonchev–Trinajstić information content (AvgIpc) is 3.34. The van der Waals surface area contributed by atoms with Crippen molar-refractivity contribution in [3.8, 4) is 22.5 Å². The van der Waals surface area contributed by atoms with Gasteiger partial charge in [-0.05, 0) is 17.2 Å². The van der Waals surface area contributed by atoms with Crippen LogP contribution in [0.4, 0.5) is 0 Å². The van der Waals surface area contributed by atoms with Crippen LogP contribution >= 0.6 is 0 Å². The highest BCUT2D eigenvalue weighted by Crippen LogP contribution is 2.33. The van der Waals surface area contributed by atoms with Crippen molar-refractivity contribution in [3.05, 3.63) is 95.9 Å². The minimum Gasteiger partial charge on any atom is -0.453 e. The number of nitrogens with zero attached hydrogens (tertiary/aromatic N) is 2. The maximum atomic E-state index is 12.0. The Bertz CT molecular complexity index is 1130. The summed E-state index contributed by atoms with van der Waals surface area (Å²) >= 11 is 0. The van der Waals surface area contributed by atoms with Crippen molar-refractivity contribution in [3.63, 3.8) is 0 Å². The fraction of sp³-hybridized carbons (Fsp3) is 0.0870. The maximum absolute atomic E-state index is 12.0. The number of rotatable bonds is 4. The Hall–Kier alpha value is -3.73. The van der Waals surface area contributed by atoms with Gasteiger partial charge in [0, 0.05) is 11.1 Å². The topological polar surface area (TPSA) is 65.2 Å². The van der Waals surface area contributed by atoms with E-state index in [-0.39, 0.29) is 5.97 Å². The Labute approximate surface area is 161 Å². The first kappa shape index (κ1) is 16.4. The van der Waals surface area contributed by atoms with Crippen LogP contribution in [0.1, 0.15) is 27.9 Å². The van der Waals surface area contributed by atoms with Gasteiger partial charge in [-0.3, -0.25) is 0 Å². The third kappa shape index (κ3) is 2.97. The molecule has 1 unspecified atom stereocenters. The predicted molar refractivity (Wildman–Crippen MR) is 103 cm³/mol. The summed E-state index contributed by atoms with van der Waals surface area (Å²) in [4.78, 5) is 16.4. The van der Waals surface area contributed by atoms with E-state index in [9.17, 15) is 4.79 Å². The van der Waals surface area contributed by atoms with Crippen molar-refractivity contribution >= 4 is 5.97 Å². The van der Waals surface area contributed by atoms with Crippen molar-refractivity contribution in [1.82, 2.24) is 10.1 Å². The second-order valence-electron chi connectivity index (χ2n) is 6.64. The van der Waals surface area contributed by atoms with E-state index in [4.69, 9.17) is 9.26 Å². The van der Waals surface area contributed by atoms with Crippen LogP contribution in [0.15, 0.2) is 83.4 Å². The highest BCUT2D eigenvalue weighted by atomic mass is 16.6. The monoisotopic (exact) mass is 368 g/mol. The zero-order valence-corrected chi connectivity index (χ0v) is 14.9. The van der Waals surface area contributed by atoms with Gasteiger partial charge in [-0.25, -0.2) is 4.79 Å². The van der Waals surface area contributed by atoms with E-state index in [1.54, 1.807) is 6.07 Å². The lowest BCUT2D eigenvalue weighted by Gasteiger charge is -2.06. The van der Waals surface area contributed by atoms with E-state index < -0.39 is 6.10 Å². The number of ether oxygens (including phenoxy) is 1. The van der Waals surface area contributed by atoms with Crippen LogP contribution in [-0.4, -0.2) is 16.1 Å². The Balaban J connectivity index is 1.35. The molecule has 0 fully saturated rings. The van der Waals surface area contributed by atoms with Crippen LogP contribution in [-0.2, 0) is 11.2 Å². The summed E-state index contributed by atoms with van der Waals surface area (Å²) in [6.07, 6.45) is -0.0323. The number of esters is 1. The molecule has 0 radical (unpaired) electrons. The third-order valence-corrected chi connectivity index (χ3v) is 4.86. The van der Waals surface area contributed by atoms with E-state index >= 15 is 0 Å². The minimum atomic E-state index is -0.391. The van der Waals surface area contributed by atoms with Crippen LogP contribution < -0.4 is 0 Å². The SMILES string of the molecule is O=C1OC(Cc2nc(-c3ccc(-c4ccccc4)cc3)no2)c2ccccc21. The summed E-state index contributed by atoms with van der Waals surface area (Å²) < 4.78 is 10.8. The molecule has 1 atom stereocenters. The van der Waals surface area contributed by atoms with Crippen LogP contribution in [0, 0.1) is 0 Å². The molecule has 0 saturated carbocycles. The molecule has 5 rings (SSSR count). The second kappa shape index (κ2) is 6.78. The van der Waals surface area contributed by atoms with Crippen LogP contribution in [0.25, 0.3) is 22.5 Å². The zero-order valence-electron chi connectivity index (χ0n) is 14.9. The Morgan fingerprint density at radius 2 is 1.46 bits per heavy atom. The molecule has 3 aromatic carbocycles. The molecule has 5 heteroatoms. The van der Waals surface area contributed by atoms with Gasteiger partial charge in [0.1, 0.15) is 6.10 Å². The molecule has 0 spiro atoms. The number of fused-ring (bicyclic) bond motifs is 1. The van der Waals surface area contributed by atoms with Gasteiger partial charge < -0.3 is 9.26 Å². The third-order valence-electron chi connectivity index (χ3n) is 4.86. The van der Waals surface area contributed by atoms with Gasteiger partial charge in [-0.1, -0.05) is 78.0 Å². The van der Waals surface area contributed by atoms with E-state index in [1.807, 2.05) is 60.7 Å². The Morgan fingerprint density at radius 3 is 2.29 bits per heavy atom. The molecule has 0 aliphatic carbocycles. The fourth-order valence-electron chi connectivity index (χ4n) is 3.43. The largest absolute Gasteiger partial charge is 0.453 e. The van der Waals surface area contributed by atoms with E-state index in [2.05, 4.69) is 22.3 Å². The molecule has 5 nitrogen and oxygen atoms in total. The number of cyclic esters (lactones) is 1. The number of hydrogen-bond donors (Lipinski definition) is 0. The number of carbonyl (C=O) groups excluding carboxylic acids is 1. The molecule has 0 bridgehead atoms. The quantitative estimate of drug-likeness (QED) is 0.481. The lowest BCUT2D eigenvalue weighted by Crippen LogP contribution is -2.03. The predicted octanol–water partition coefficient (Wildman–Crippen LogP) is 4.86. The number of carbonyl (C=O) groups is 1. The van der Waals surface area contributed by atoms with Crippen molar-refractivity contribution < 1.29 is 14.1 Å². The molecular formula is C23H16N2O3. The number of benzene rings is 3. The first-order chi connectivity index (χ1) is 13.8. The number of aromatic nitrogens is 2. The average molecular weight is 368 g/mol. The van der Waals surface area contributed by atoms with Gasteiger partial charge in [-0.15, -0.1) is 0 Å². The molecule has 136 valence electrons. The van der Waals surface area contributed by atoms with Crippen molar-refractivity contribution in [2.75, 3.05) is 0 Å². The van der Waals surface area contributed by atoms with Crippen molar-refractivity contribution in [2.45, 2.75) is 12.5 Å². The molecule has 1 aliphatic heterocycles. The summed E-state index contributed by atoms with van der Waals surface area (Å²) in [6.45, 7) is 0. The maximum Gasteiger partial charge on any atom is 0.339 e. The highest BCUT2D eigenvalue weighted by molar-refractivity contribution is 5.94. The van der Waals surface area contributed by atoms with Gasteiger partial charge in [0.05, 0.1) is 12.0 Å². The van der Waals surface area contributed by atoms with E-state index in [0.717, 1.165) is 22.3 Å². The van der Waals surface area contributed by atoms with Crippen LogP contribution in [0.5, 0.6) is 0 Å². The van der Waals surface area contributed by atoms with Gasteiger partial charge >= 0.3 is 5.97 Å². The Kier molecular flexibility index (Phi) is 3.98. The van der Waals surface area contributed by atoms with Crippen molar-refractivity contribution in [2.24, 2.45) is 0 Å². The molecule has 0 N–H and O–H groups in total. The summed E-state index contributed by atoms with van der Waals surface area (Å²) in [5.74, 6) is 0.653. The summed E-state index contributed by atoms with van der Waals surface area (Å²) in [7, 11) is 0. The molecule has 0 amide bonds. The number of hydrogen-bond acceptors (Lipinski definition) is 5. The second-order valence-corrected chi connectivity index (χ2v) is 6.64. The normalized spacial score (nSPS) is 15.3. The van der Waals surface area contributed by atoms with Gasteiger partial charge in [0.2, 0.25) is 11.7 Å². The van der Waals surface area contributed by atoms with Crippen LogP contribution in [0.3, 0.4) is 0 Å². The van der Waals surface area contributed by atoms with Crippen molar-refractivity contribution in [1.29, 1.82) is 0 Å². The van der Waals surface area contributed by atoms with Gasteiger partial charge in [0.25, 0.3) is 0 Å². The minimum absolute atomic E-state index is 0.308. The highest BCUT2D eigenvalue weighted by Gasteiger charge is 2.32. The summed E-state index contributed by atoms with van der Waals surface area (Å²) in [5.41, 5.74) is 4.62. The van der Waals surface area contributed by atoms with Gasteiger partial charge in [0.15, 0.2) is 0 Å². The molecular weight excluding hydrogens is 352 g/mol. The molecule has 1 aromatic heterocycles. The molecule has 1 aliphatic rings. The van der Waals surface area contributed by atoms with Crippen LogP contribution in [0.2, 0.25) is 0 Å². The Morgan fingerprint density at radius 1 is 0.786 bits per heavy atom. The smallest absolute Gasteiger partial charge is 0.339 e. The summed E-state index contributed by atoms with van der Waals surface area (Å²) in [5, 5.41) is 4.08. The van der Waals surface area contributed by atoms with Gasteiger partial charge in [-0.2, -0.15) is 4.98 Å². The first-order valence-corrected chi connectivity index (χ1v) is 9.06. The molecule has 4 aromatic rings. The standard InChI is InChI=1S/C23H16N2O3/c26-23-19-9-5-4-8-18(19)20(27-23)14-21-24-22(25-28-21)17-12-10-16(11-13-17)15-6-2-1-3-7-15/h1-13,20H,14H2. The molecule has 0 saturated heterocycles. The first-order valence-electron chi connectivity index (χ1n) is 9.06. The van der Waals surface area contributed by atoms with E-state index in [1.165, 1.54) is 0 Å². The zero-order chi connectivity index (χ0) is 18.9. The molecule has 2 heterocycles. The fourth-order valence-corrected chi connectivity index (χ4v) is 3.43. The van der Waals surface area contributed by atoms with E-state index in [0.29, 0.717) is 23.7 Å².